The number of anilines is 1. The minimum atomic E-state index is -1.09. The number of amides is 1. The molecule has 0 saturated carbocycles. The molecular formula is C18H14N2O4. The van der Waals surface area contributed by atoms with Crippen LogP contribution < -0.4 is 10.1 Å². The van der Waals surface area contributed by atoms with Crippen LogP contribution in [0.5, 0.6) is 5.75 Å². The van der Waals surface area contributed by atoms with Gasteiger partial charge in [-0.2, -0.15) is 5.26 Å². The molecule has 0 aromatic heterocycles. The third-order valence-corrected chi connectivity index (χ3v) is 2.93. The van der Waals surface area contributed by atoms with E-state index in [0.717, 1.165) is 0 Å². The van der Waals surface area contributed by atoms with Crippen molar-refractivity contribution in [3.8, 4) is 11.8 Å². The molecule has 0 heterocycles. The van der Waals surface area contributed by atoms with Gasteiger partial charge >= 0.3 is 5.97 Å². The van der Waals surface area contributed by atoms with Crippen molar-refractivity contribution in [3.05, 3.63) is 65.7 Å². The third kappa shape index (κ3) is 5.00. The van der Waals surface area contributed by atoms with E-state index in [1.807, 2.05) is 12.1 Å². The molecule has 0 aliphatic heterocycles. The standard InChI is InChI=1S/C18H14N2O4/c19-11-14(18(23)20-15-6-2-1-3-7-15)9-13-5-4-8-16(10-13)24-12-17(21)22/h1-10H,12H2,(H,20,23)(H,21,22)/b14-9+. The molecule has 2 aromatic carbocycles. The van der Waals surface area contributed by atoms with Gasteiger partial charge in [0.25, 0.3) is 5.91 Å². The number of benzene rings is 2. The lowest BCUT2D eigenvalue weighted by Gasteiger charge is -2.05. The Labute approximate surface area is 138 Å². The molecule has 0 unspecified atom stereocenters. The highest BCUT2D eigenvalue weighted by atomic mass is 16.5. The molecule has 0 atom stereocenters. The van der Waals surface area contributed by atoms with Gasteiger partial charge in [0.2, 0.25) is 0 Å². The summed E-state index contributed by atoms with van der Waals surface area (Å²) >= 11 is 0. The lowest BCUT2D eigenvalue weighted by molar-refractivity contribution is -0.139. The topological polar surface area (TPSA) is 99.4 Å². The maximum Gasteiger partial charge on any atom is 0.341 e. The van der Waals surface area contributed by atoms with Crippen molar-refractivity contribution in [1.29, 1.82) is 5.26 Å². The number of rotatable bonds is 6. The summed E-state index contributed by atoms with van der Waals surface area (Å²) < 4.78 is 5.07. The molecule has 2 N–H and O–H groups in total. The first kappa shape index (κ1) is 16.8. The maximum atomic E-state index is 12.1. The Morgan fingerprint density at radius 2 is 1.92 bits per heavy atom. The number of carbonyl (C=O) groups is 2. The number of nitriles is 1. The van der Waals surface area contributed by atoms with Gasteiger partial charge in [0.1, 0.15) is 17.4 Å². The fraction of sp³-hybridized carbons (Fsp3) is 0.0556. The van der Waals surface area contributed by atoms with E-state index >= 15 is 0 Å². The Bertz CT molecular complexity index is 807. The van der Waals surface area contributed by atoms with Gasteiger partial charge in [-0.1, -0.05) is 30.3 Å². The number of aliphatic carboxylic acids is 1. The SMILES string of the molecule is N#C/C(=C\c1cccc(OCC(=O)O)c1)C(=O)Nc1ccccc1. The fourth-order valence-corrected chi connectivity index (χ4v) is 1.87. The second kappa shape index (κ2) is 8.15. The zero-order chi connectivity index (χ0) is 17.4. The van der Waals surface area contributed by atoms with Gasteiger partial charge in [-0.25, -0.2) is 4.79 Å². The van der Waals surface area contributed by atoms with E-state index in [2.05, 4.69) is 5.32 Å². The van der Waals surface area contributed by atoms with Gasteiger partial charge in [0.05, 0.1) is 0 Å². The predicted octanol–water partition coefficient (Wildman–Crippen LogP) is 2.70. The average Bonchev–Trinajstić information content (AvgIpc) is 2.59. The second-order valence-electron chi connectivity index (χ2n) is 4.74. The first-order valence-corrected chi connectivity index (χ1v) is 7.01. The van der Waals surface area contributed by atoms with Crippen molar-refractivity contribution in [2.75, 3.05) is 11.9 Å². The van der Waals surface area contributed by atoms with Crippen LogP contribution in [-0.4, -0.2) is 23.6 Å². The Balaban J connectivity index is 2.15. The summed E-state index contributed by atoms with van der Waals surface area (Å²) in [6.45, 7) is -0.466. The van der Waals surface area contributed by atoms with Crippen LogP contribution in [0.4, 0.5) is 5.69 Å². The number of carboxylic acid groups (broad SMARTS) is 1. The summed E-state index contributed by atoms with van der Waals surface area (Å²) in [5, 5.41) is 20.4. The molecule has 0 saturated heterocycles. The highest BCUT2D eigenvalue weighted by Gasteiger charge is 2.09. The largest absolute Gasteiger partial charge is 0.482 e. The van der Waals surface area contributed by atoms with Crippen molar-refractivity contribution in [2.24, 2.45) is 0 Å². The number of ether oxygens (including phenoxy) is 1. The van der Waals surface area contributed by atoms with E-state index in [4.69, 9.17) is 9.84 Å². The van der Waals surface area contributed by atoms with Crippen LogP contribution >= 0.6 is 0 Å². The zero-order valence-electron chi connectivity index (χ0n) is 12.6. The second-order valence-corrected chi connectivity index (χ2v) is 4.74. The van der Waals surface area contributed by atoms with Crippen LogP contribution in [0.25, 0.3) is 6.08 Å². The van der Waals surface area contributed by atoms with Gasteiger partial charge in [0.15, 0.2) is 6.61 Å². The van der Waals surface area contributed by atoms with E-state index < -0.39 is 18.5 Å². The average molecular weight is 322 g/mol. The van der Waals surface area contributed by atoms with Crippen molar-refractivity contribution in [2.45, 2.75) is 0 Å². The molecule has 1 amide bonds. The third-order valence-electron chi connectivity index (χ3n) is 2.93. The van der Waals surface area contributed by atoms with Crippen LogP contribution in [0.1, 0.15) is 5.56 Å². The molecule has 0 spiro atoms. The Hall–Kier alpha value is -3.59. The van der Waals surface area contributed by atoms with Crippen molar-refractivity contribution >= 4 is 23.6 Å². The maximum absolute atomic E-state index is 12.1. The van der Waals surface area contributed by atoms with E-state index in [1.165, 1.54) is 6.08 Å². The number of para-hydroxylation sites is 1. The molecule has 2 aromatic rings. The molecule has 0 aliphatic rings. The molecule has 120 valence electrons. The minimum absolute atomic E-state index is 0.0748. The van der Waals surface area contributed by atoms with Crippen LogP contribution in [0.2, 0.25) is 0 Å². The summed E-state index contributed by atoms with van der Waals surface area (Å²) in [6, 6.07) is 17.1. The van der Waals surface area contributed by atoms with Crippen molar-refractivity contribution in [1.82, 2.24) is 0 Å². The normalized spacial score (nSPS) is 10.5. The first-order chi connectivity index (χ1) is 11.6. The Morgan fingerprint density at radius 1 is 1.17 bits per heavy atom. The minimum Gasteiger partial charge on any atom is -0.482 e. The molecule has 0 bridgehead atoms. The summed E-state index contributed by atoms with van der Waals surface area (Å²) in [6.07, 6.45) is 1.41. The quantitative estimate of drug-likeness (QED) is 0.629. The van der Waals surface area contributed by atoms with Gasteiger partial charge < -0.3 is 15.2 Å². The van der Waals surface area contributed by atoms with E-state index in [9.17, 15) is 14.9 Å². The van der Waals surface area contributed by atoms with Crippen LogP contribution in [0.15, 0.2) is 60.2 Å². The fourth-order valence-electron chi connectivity index (χ4n) is 1.87. The van der Waals surface area contributed by atoms with Crippen LogP contribution in [-0.2, 0) is 9.59 Å². The van der Waals surface area contributed by atoms with Crippen LogP contribution in [0, 0.1) is 11.3 Å². The van der Waals surface area contributed by atoms with E-state index in [-0.39, 0.29) is 5.57 Å². The van der Waals surface area contributed by atoms with E-state index in [1.54, 1.807) is 48.5 Å². The predicted molar refractivity (Wildman–Crippen MR) is 88.2 cm³/mol. The number of carboxylic acids is 1. The van der Waals surface area contributed by atoms with Gasteiger partial charge in [-0.05, 0) is 35.9 Å². The lowest BCUT2D eigenvalue weighted by Crippen LogP contribution is -2.13. The molecule has 2 rings (SSSR count). The van der Waals surface area contributed by atoms with Crippen molar-refractivity contribution in [3.63, 3.8) is 0 Å². The first-order valence-electron chi connectivity index (χ1n) is 7.01. The molecule has 6 heteroatoms. The smallest absolute Gasteiger partial charge is 0.341 e. The monoisotopic (exact) mass is 322 g/mol. The van der Waals surface area contributed by atoms with E-state index in [0.29, 0.717) is 17.0 Å². The number of nitrogens with one attached hydrogen (secondary N) is 1. The zero-order valence-corrected chi connectivity index (χ0v) is 12.6. The molecule has 0 radical (unpaired) electrons. The van der Waals surface area contributed by atoms with Gasteiger partial charge in [-0.3, -0.25) is 4.79 Å². The van der Waals surface area contributed by atoms with Gasteiger partial charge in [-0.15, -0.1) is 0 Å². The number of carbonyl (C=O) groups excluding carboxylic acids is 1. The highest BCUT2D eigenvalue weighted by Crippen LogP contribution is 2.16. The summed E-state index contributed by atoms with van der Waals surface area (Å²) in [5.41, 5.74) is 1.06. The molecule has 0 fully saturated rings. The summed E-state index contributed by atoms with van der Waals surface area (Å²) in [5.74, 6) is -1.27. The van der Waals surface area contributed by atoms with Crippen molar-refractivity contribution < 1.29 is 19.4 Å². The number of hydrogen-bond donors (Lipinski definition) is 2. The highest BCUT2D eigenvalue weighted by molar-refractivity contribution is 6.09. The molecule has 6 nitrogen and oxygen atoms in total. The summed E-state index contributed by atoms with van der Waals surface area (Å²) in [7, 11) is 0. The lowest BCUT2D eigenvalue weighted by atomic mass is 10.1. The Kier molecular flexibility index (Phi) is 5.70. The van der Waals surface area contributed by atoms with Gasteiger partial charge in [0, 0.05) is 5.69 Å². The summed E-state index contributed by atoms with van der Waals surface area (Å²) in [4.78, 5) is 22.6. The molecular weight excluding hydrogens is 308 g/mol. The number of nitrogens with zero attached hydrogens (tertiary/aromatic N) is 1. The molecule has 24 heavy (non-hydrogen) atoms. The Morgan fingerprint density at radius 3 is 2.58 bits per heavy atom. The molecule has 0 aliphatic carbocycles. The number of hydrogen-bond acceptors (Lipinski definition) is 4. The van der Waals surface area contributed by atoms with Crippen LogP contribution in [0.3, 0.4) is 0 Å².